The molecule has 0 aliphatic rings. The summed E-state index contributed by atoms with van der Waals surface area (Å²) in [7, 11) is 0. The summed E-state index contributed by atoms with van der Waals surface area (Å²) in [6.07, 6.45) is 0. The Morgan fingerprint density at radius 2 is 1.16 bits per heavy atom. The number of carbonyl (C=O) groups is 2. The average Bonchev–Trinajstić information content (AvgIpc) is 2.75. The summed E-state index contributed by atoms with van der Waals surface area (Å²) in [6, 6.07) is 7.93. The van der Waals surface area contributed by atoms with Crippen molar-refractivity contribution in [2.75, 3.05) is 0 Å². The Bertz CT molecular complexity index is 1420. The van der Waals surface area contributed by atoms with Crippen LogP contribution in [0.15, 0.2) is 36.4 Å². The van der Waals surface area contributed by atoms with Crippen molar-refractivity contribution in [1.82, 2.24) is 0 Å². The Kier molecular flexibility index (Phi) is 5.51. The van der Waals surface area contributed by atoms with E-state index in [0.717, 1.165) is 6.07 Å². The molecular weight excluding hydrogens is 502 g/mol. The lowest BCUT2D eigenvalue weighted by atomic mass is 9.88. The fraction of sp³-hybridized carbons (Fsp3) is 0. The number of aromatic carboxylic acids is 2. The van der Waals surface area contributed by atoms with E-state index >= 15 is 0 Å². The highest BCUT2D eigenvalue weighted by atomic mass is 35.5. The zero-order valence-corrected chi connectivity index (χ0v) is 18.6. The predicted octanol–water partition coefficient (Wildman–Crippen LogP) is 7.08. The third-order valence-electron chi connectivity index (χ3n) is 5.06. The fourth-order valence-corrected chi connectivity index (χ4v) is 4.61. The molecule has 0 saturated heterocycles. The van der Waals surface area contributed by atoms with Crippen molar-refractivity contribution in [2.24, 2.45) is 0 Å². The number of fused-ring (bicyclic) bond motifs is 2. The van der Waals surface area contributed by atoms with Gasteiger partial charge in [0, 0.05) is 10.8 Å². The first-order valence-electron chi connectivity index (χ1n) is 8.78. The Morgan fingerprint density at radius 1 is 0.656 bits per heavy atom. The van der Waals surface area contributed by atoms with Crippen LogP contribution in [-0.4, -0.2) is 32.4 Å². The minimum Gasteiger partial charge on any atom is -0.505 e. The van der Waals surface area contributed by atoms with Crippen molar-refractivity contribution < 1.29 is 30.0 Å². The van der Waals surface area contributed by atoms with Gasteiger partial charge in [0.2, 0.25) is 0 Å². The first-order valence-corrected chi connectivity index (χ1v) is 10.3. The van der Waals surface area contributed by atoms with Crippen LogP contribution in [-0.2, 0) is 0 Å². The molecule has 4 aromatic carbocycles. The lowest BCUT2D eigenvalue weighted by Gasteiger charge is -2.18. The van der Waals surface area contributed by atoms with Crippen molar-refractivity contribution in [3.8, 4) is 22.6 Å². The minimum atomic E-state index is -1.37. The molecule has 0 heterocycles. The Morgan fingerprint density at radius 3 is 1.59 bits per heavy atom. The van der Waals surface area contributed by atoms with Crippen LogP contribution in [0.1, 0.15) is 20.7 Å². The second kappa shape index (κ2) is 7.90. The van der Waals surface area contributed by atoms with Crippen LogP contribution in [0.2, 0.25) is 20.1 Å². The van der Waals surface area contributed by atoms with E-state index in [9.17, 15) is 30.0 Å². The number of phenolic OH excluding ortho intramolecular Hbond substituents is 2. The molecule has 0 saturated carbocycles. The van der Waals surface area contributed by atoms with Gasteiger partial charge in [0.25, 0.3) is 0 Å². The summed E-state index contributed by atoms with van der Waals surface area (Å²) in [5, 5.41) is 40.4. The molecule has 0 aromatic heterocycles. The number of carboxylic acid groups (broad SMARTS) is 2. The Balaban J connectivity index is 2.31. The molecule has 6 nitrogen and oxygen atoms in total. The first-order chi connectivity index (χ1) is 15.0. The highest BCUT2D eigenvalue weighted by Crippen LogP contribution is 2.49. The number of hydrogen-bond donors (Lipinski definition) is 4. The summed E-state index contributed by atoms with van der Waals surface area (Å²) < 4.78 is 0. The van der Waals surface area contributed by atoms with E-state index in [1.54, 1.807) is 0 Å². The fourth-order valence-electron chi connectivity index (χ4n) is 3.59. The Labute approximate surface area is 199 Å². The van der Waals surface area contributed by atoms with Crippen LogP contribution in [0.3, 0.4) is 0 Å². The van der Waals surface area contributed by atoms with Gasteiger partial charge in [-0.2, -0.15) is 0 Å². The molecule has 0 unspecified atom stereocenters. The van der Waals surface area contributed by atoms with Crippen LogP contribution in [0.4, 0.5) is 0 Å². The summed E-state index contributed by atoms with van der Waals surface area (Å²) in [4.78, 5) is 23.4. The summed E-state index contributed by atoms with van der Waals surface area (Å²) in [5.74, 6) is -3.45. The molecule has 4 aromatic rings. The van der Waals surface area contributed by atoms with E-state index < -0.39 is 11.9 Å². The topological polar surface area (TPSA) is 115 Å². The molecule has 4 N–H and O–H groups in total. The predicted molar refractivity (Wildman–Crippen MR) is 124 cm³/mol. The van der Waals surface area contributed by atoms with Crippen molar-refractivity contribution in [2.45, 2.75) is 0 Å². The van der Waals surface area contributed by atoms with Gasteiger partial charge in [-0.1, -0.05) is 52.5 Å². The molecular formula is C22H10Cl4O6. The van der Waals surface area contributed by atoms with Crippen LogP contribution in [0.5, 0.6) is 11.5 Å². The van der Waals surface area contributed by atoms with Crippen LogP contribution >= 0.6 is 46.4 Å². The Hall–Kier alpha value is -2.90. The number of phenols is 2. The first kappa shape index (κ1) is 22.3. The molecule has 0 amide bonds. The van der Waals surface area contributed by atoms with Crippen molar-refractivity contribution in [3.63, 3.8) is 0 Å². The lowest BCUT2D eigenvalue weighted by molar-refractivity contribution is 0.0696. The van der Waals surface area contributed by atoms with Crippen LogP contribution in [0.25, 0.3) is 32.7 Å². The summed E-state index contributed by atoms with van der Waals surface area (Å²) in [5.41, 5.74) is -0.120. The molecule has 0 fully saturated rings. The summed E-state index contributed by atoms with van der Waals surface area (Å²) >= 11 is 24.9. The minimum absolute atomic E-state index is 0.0851. The van der Waals surface area contributed by atoms with Gasteiger partial charge in [0.05, 0.1) is 31.2 Å². The molecule has 32 heavy (non-hydrogen) atoms. The van der Waals surface area contributed by atoms with E-state index in [-0.39, 0.29) is 64.6 Å². The second-order valence-corrected chi connectivity index (χ2v) is 8.42. The van der Waals surface area contributed by atoms with Crippen LogP contribution in [0, 0.1) is 0 Å². The smallest absolute Gasteiger partial charge is 0.336 e. The van der Waals surface area contributed by atoms with E-state index in [0.29, 0.717) is 10.8 Å². The summed E-state index contributed by atoms with van der Waals surface area (Å²) in [6.45, 7) is 0. The monoisotopic (exact) mass is 510 g/mol. The number of halogens is 4. The number of carboxylic acids is 2. The van der Waals surface area contributed by atoms with E-state index in [2.05, 4.69) is 0 Å². The van der Waals surface area contributed by atoms with Gasteiger partial charge in [-0.15, -0.1) is 0 Å². The molecule has 162 valence electrons. The third kappa shape index (κ3) is 3.36. The molecule has 0 bridgehead atoms. The number of benzene rings is 4. The SMILES string of the molecule is O=C(O)c1ccc(-c2c3cc(Cl)c(O)c(Cl)c3cc3c(Cl)c(O)c(Cl)cc23)c(C(=O)O)c1. The standard InChI is InChI=1S/C22H10Cl4O6/c23-14-5-9-11(17(25)19(14)27)4-12-10(6-15(24)20(28)18(12)26)16(9)8-2-1-7(21(29)30)3-13(8)22(31)32/h1-6,27-28H,(H,29,30)(H,31,32). The maximum Gasteiger partial charge on any atom is 0.336 e. The largest absolute Gasteiger partial charge is 0.505 e. The van der Waals surface area contributed by atoms with Gasteiger partial charge in [-0.25, -0.2) is 9.59 Å². The van der Waals surface area contributed by atoms with E-state index in [1.807, 2.05) is 0 Å². The molecule has 0 aliphatic carbocycles. The zero-order valence-electron chi connectivity index (χ0n) is 15.6. The molecule has 10 heteroatoms. The van der Waals surface area contributed by atoms with Crippen molar-refractivity contribution in [3.05, 3.63) is 67.6 Å². The molecule has 0 radical (unpaired) electrons. The molecule has 0 spiro atoms. The van der Waals surface area contributed by atoms with Gasteiger partial charge in [-0.3, -0.25) is 0 Å². The highest BCUT2D eigenvalue weighted by molar-refractivity contribution is 6.45. The normalized spacial score (nSPS) is 11.2. The van der Waals surface area contributed by atoms with Gasteiger partial charge in [0.15, 0.2) is 11.5 Å². The van der Waals surface area contributed by atoms with E-state index in [4.69, 9.17) is 46.4 Å². The maximum absolute atomic E-state index is 12.0. The lowest BCUT2D eigenvalue weighted by Crippen LogP contribution is -2.05. The third-order valence-corrected chi connectivity index (χ3v) is 6.40. The number of hydrogen-bond acceptors (Lipinski definition) is 4. The van der Waals surface area contributed by atoms with Gasteiger partial charge < -0.3 is 20.4 Å². The molecule has 4 rings (SSSR count). The van der Waals surface area contributed by atoms with Gasteiger partial charge in [0.1, 0.15) is 0 Å². The highest BCUT2D eigenvalue weighted by Gasteiger charge is 2.24. The zero-order chi connectivity index (χ0) is 23.5. The maximum atomic E-state index is 12.0. The number of rotatable bonds is 3. The average molecular weight is 512 g/mol. The number of aromatic hydroxyl groups is 2. The molecule has 0 atom stereocenters. The van der Waals surface area contributed by atoms with Crippen molar-refractivity contribution >= 4 is 79.9 Å². The quantitative estimate of drug-likeness (QED) is 0.218. The van der Waals surface area contributed by atoms with Crippen molar-refractivity contribution in [1.29, 1.82) is 0 Å². The van der Waals surface area contributed by atoms with Gasteiger partial charge >= 0.3 is 11.9 Å². The van der Waals surface area contributed by atoms with E-state index in [1.165, 1.54) is 30.3 Å². The van der Waals surface area contributed by atoms with Crippen LogP contribution < -0.4 is 0 Å². The second-order valence-electron chi connectivity index (χ2n) is 6.85. The molecule has 0 aliphatic heterocycles. The van der Waals surface area contributed by atoms with Gasteiger partial charge in [-0.05, 0) is 52.2 Å².